The third-order valence-electron chi connectivity index (χ3n) is 5.81. The Morgan fingerprint density at radius 3 is 2.55 bits per heavy atom. The molecule has 0 radical (unpaired) electrons. The van der Waals surface area contributed by atoms with Crippen molar-refractivity contribution < 1.29 is 18.7 Å². The highest BCUT2D eigenvalue weighted by Gasteiger charge is 2.35. The quantitative estimate of drug-likeness (QED) is 0.442. The number of imidazole rings is 1. The van der Waals surface area contributed by atoms with Gasteiger partial charge in [0.2, 0.25) is 0 Å². The lowest BCUT2D eigenvalue weighted by Crippen LogP contribution is -2.22. The van der Waals surface area contributed by atoms with E-state index in [0.717, 1.165) is 23.9 Å². The van der Waals surface area contributed by atoms with Crippen LogP contribution in [-0.4, -0.2) is 33.0 Å². The molecule has 0 aliphatic carbocycles. The maximum absolute atomic E-state index is 14.6. The largest absolute Gasteiger partial charge is 0.497 e. The van der Waals surface area contributed by atoms with Crippen LogP contribution >= 0.6 is 0 Å². The zero-order valence-corrected chi connectivity index (χ0v) is 17.9. The number of fused-ring (bicyclic) bond motifs is 1. The molecule has 0 unspecified atom stereocenters. The van der Waals surface area contributed by atoms with Gasteiger partial charge in [-0.05, 0) is 24.6 Å². The molecule has 0 saturated heterocycles. The summed E-state index contributed by atoms with van der Waals surface area (Å²) < 4.78 is 24.0. The van der Waals surface area contributed by atoms with Crippen LogP contribution in [0.4, 0.5) is 4.39 Å². The van der Waals surface area contributed by atoms with E-state index in [-0.39, 0.29) is 16.7 Å². The van der Waals surface area contributed by atoms with E-state index in [1.807, 2.05) is 33.7 Å². The van der Waals surface area contributed by atoms with Crippen molar-refractivity contribution in [3.63, 3.8) is 0 Å². The van der Waals surface area contributed by atoms with Gasteiger partial charge in [0.15, 0.2) is 0 Å². The molecule has 1 N–H and O–H groups in total. The van der Waals surface area contributed by atoms with Gasteiger partial charge in [-0.25, -0.2) is 9.37 Å². The fraction of sp³-hybridized carbons (Fsp3) is 0.160. The summed E-state index contributed by atoms with van der Waals surface area (Å²) in [6.45, 7) is 1.45. The van der Waals surface area contributed by atoms with Crippen molar-refractivity contribution in [2.24, 2.45) is 0 Å². The molecule has 8 heteroatoms. The van der Waals surface area contributed by atoms with Crippen LogP contribution in [0.1, 0.15) is 17.5 Å². The standard InChI is InChI=1S/C25H21FN4O3/c1-33-16-7-8-17-19(14-30(21(17)13-16)11-4-10-29-12-9-27-15-29)23-22(24(31)28-25(23)32)18-5-2-3-6-20(18)26/h2-3,5-9,12-15H,4,10-11H2,1H3,(H,28,31,32). The maximum atomic E-state index is 14.6. The van der Waals surface area contributed by atoms with Crippen molar-refractivity contribution in [3.8, 4) is 5.75 Å². The molecule has 0 spiro atoms. The van der Waals surface area contributed by atoms with Gasteiger partial charge in [0.1, 0.15) is 11.6 Å². The molecular formula is C25H21FN4O3. The van der Waals surface area contributed by atoms with E-state index >= 15 is 0 Å². The van der Waals surface area contributed by atoms with Crippen LogP contribution in [-0.2, 0) is 22.7 Å². The van der Waals surface area contributed by atoms with Gasteiger partial charge < -0.3 is 13.9 Å². The summed E-state index contributed by atoms with van der Waals surface area (Å²) in [6.07, 6.45) is 8.08. The number of imide groups is 1. The molecule has 0 atom stereocenters. The number of hydrogen-bond acceptors (Lipinski definition) is 4. The minimum Gasteiger partial charge on any atom is -0.497 e. The van der Waals surface area contributed by atoms with Gasteiger partial charge in [0, 0.05) is 54.3 Å². The smallest absolute Gasteiger partial charge is 0.259 e. The number of carbonyl (C=O) groups is 2. The fourth-order valence-electron chi connectivity index (χ4n) is 4.26. The summed E-state index contributed by atoms with van der Waals surface area (Å²) in [7, 11) is 1.59. The number of nitrogens with one attached hydrogen (secondary N) is 1. The van der Waals surface area contributed by atoms with Crippen LogP contribution in [0, 0.1) is 5.82 Å². The van der Waals surface area contributed by atoms with E-state index < -0.39 is 17.6 Å². The van der Waals surface area contributed by atoms with Crippen LogP contribution in [0.15, 0.2) is 67.4 Å². The van der Waals surface area contributed by atoms with E-state index in [1.165, 1.54) is 12.1 Å². The Bertz CT molecular complexity index is 1400. The molecule has 0 fully saturated rings. The molecule has 7 nitrogen and oxygen atoms in total. The normalized spacial score (nSPS) is 13.8. The molecule has 5 rings (SSSR count). The van der Waals surface area contributed by atoms with Gasteiger partial charge in [-0.3, -0.25) is 14.9 Å². The van der Waals surface area contributed by atoms with E-state index in [1.54, 1.807) is 37.8 Å². The number of ether oxygens (including phenoxy) is 1. The first-order valence-electron chi connectivity index (χ1n) is 10.5. The molecule has 0 bridgehead atoms. The van der Waals surface area contributed by atoms with Gasteiger partial charge >= 0.3 is 0 Å². The molecule has 0 saturated carbocycles. The number of rotatable bonds is 7. The summed E-state index contributed by atoms with van der Waals surface area (Å²) in [5.41, 5.74) is 1.77. The molecule has 33 heavy (non-hydrogen) atoms. The molecular weight excluding hydrogens is 423 g/mol. The zero-order chi connectivity index (χ0) is 22.9. The molecule has 2 aromatic carbocycles. The molecule has 2 amide bonds. The first kappa shape index (κ1) is 20.7. The minimum absolute atomic E-state index is 0.0476. The number of nitrogens with zero attached hydrogens (tertiary/aromatic N) is 3. The highest BCUT2D eigenvalue weighted by Crippen LogP contribution is 2.37. The summed E-state index contributed by atoms with van der Waals surface area (Å²) in [5, 5.41) is 3.12. The second-order valence-corrected chi connectivity index (χ2v) is 7.79. The molecule has 3 heterocycles. The lowest BCUT2D eigenvalue weighted by atomic mass is 9.95. The van der Waals surface area contributed by atoms with Crippen molar-refractivity contribution in [3.05, 3.63) is 84.3 Å². The predicted octanol–water partition coefficient (Wildman–Crippen LogP) is 3.64. The number of halogens is 1. The predicted molar refractivity (Wildman–Crippen MR) is 122 cm³/mol. The van der Waals surface area contributed by atoms with Crippen molar-refractivity contribution in [2.45, 2.75) is 19.5 Å². The lowest BCUT2D eigenvalue weighted by molar-refractivity contribution is -0.122. The third-order valence-corrected chi connectivity index (χ3v) is 5.81. The lowest BCUT2D eigenvalue weighted by Gasteiger charge is -2.07. The van der Waals surface area contributed by atoms with Gasteiger partial charge in [-0.1, -0.05) is 18.2 Å². The van der Waals surface area contributed by atoms with Crippen molar-refractivity contribution in [2.75, 3.05) is 7.11 Å². The molecule has 1 aliphatic heterocycles. The number of hydrogen-bond donors (Lipinski definition) is 1. The van der Waals surface area contributed by atoms with Crippen LogP contribution in [0.3, 0.4) is 0 Å². The second-order valence-electron chi connectivity index (χ2n) is 7.79. The number of carbonyl (C=O) groups excluding carboxylic acids is 2. The topological polar surface area (TPSA) is 78.1 Å². The van der Waals surface area contributed by atoms with Gasteiger partial charge in [-0.15, -0.1) is 0 Å². The van der Waals surface area contributed by atoms with Crippen LogP contribution < -0.4 is 10.1 Å². The van der Waals surface area contributed by atoms with Crippen LogP contribution in [0.5, 0.6) is 5.75 Å². The molecule has 2 aromatic heterocycles. The molecule has 4 aromatic rings. The van der Waals surface area contributed by atoms with E-state index in [9.17, 15) is 14.0 Å². The summed E-state index contributed by atoms with van der Waals surface area (Å²) in [5.74, 6) is -1.01. The van der Waals surface area contributed by atoms with E-state index in [0.29, 0.717) is 17.9 Å². The Balaban J connectivity index is 1.64. The molecule has 166 valence electrons. The Morgan fingerprint density at radius 2 is 1.82 bits per heavy atom. The molecule has 1 aliphatic rings. The Hall–Kier alpha value is -4.20. The third kappa shape index (κ3) is 3.69. The average Bonchev–Trinajstić information content (AvgIpc) is 3.52. The Labute approximate surface area is 189 Å². The maximum Gasteiger partial charge on any atom is 0.259 e. The fourth-order valence-corrected chi connectivity index (χ4v) is 4.26. The van der Waals surface area contributed by atoms with Crippen molar-refractivity contribution in [1.82, 2.24) is 19.4 Å². The van der Waals surface area contributed by atoms with E-state index in [4.69, 9.17) is 4.74 Å². The number of amides is 2. The number of benzene rings is 2. The minimum atomic E-state index is -0.602. The second kappa shape index (κ2) is 8.38. The van der Waals surface area contributed by atoms with Gasteiger partial charge in [0.25, 0.3) is 11.8 Å². The van der Waals surface area contributed by atoms with E-state index in [2.05, 4.69) is 10.3 Å². The summed E-state index contributed by atoms with van der Waals surface area (Å²) in [6, 6.07) is 11.5. The monoisotopic (exact) mass is 444 g/mol. The first-order chi connectivity index (χ1) is 16.1. The number of aromatic nitrogens is 3. The highest BCUT2D eigenvalue weighted by molar-refractivity contribution is 6.50. The average molecular weight is 444 g/mol. The van der Waals surface area contributed by atoms with Crippen LogP contribution in [0.2, 0.25) is 0 Å². The van der Waals surface area contributed by atoms with Gasteiger partial charge in [-0.2, -0.15) is 0 Å². The van der Waals surface area contributed by atoms with Gasteiger partial charge in [0.05, 0.1) is 30.1 Å². The number of aryl methyl sites for hydroxylation is 2. The zero-order valence-electron chi connectivity index (χ0n) is 17.9. The SMILES string of the molecule is COc1ccc2c(C3=C(c4ccccc4F)C(=O)NC3=O)cn(CCCn3ccnc3)c2c1. The van der Waals surface area contributed by atoms with Crippen molar-refractivity contribution in [1.29, 1.82) is 0 Å². The number of methoxy groups -OCH3 is 1. The van der Waals surface area contributed by atoms with Crippen molar-refractivity contribution >= 4 is 33.9 Å². The summed E-state index contributed by atoms with van der Waals surface area (Å²) in [4.78, 5) is 29.6. The Morgan fingerprint density at radius 1 is 1.03 bits per heavy atom. The van der Waals surface area contributed by atoms with Crippen LogP contribution in [0.25, 0.3) is 22.0 Å². The highest BCUT2D eigenvalue weighted by atomic mass is 19.1. The first-order valence-corrected chi connectivity index (χ1v) is 10.5. The summed E-state index contributed by atoms with van der Waals surface area (Å²) >= 11 is 0. The Kier molecular flexibility index (Phi) is 5.26.